The lowest BCUT2D eigenvalue weighted by Gasteiger charge is -2.34. The van der Waals surface area contributed by atoms with Crippen LogP contribution in [0.25, 0.3) is 0 Å². The Morgan fingerprint density at radius 1 is 1.29 bits per heavy atom. The third-order valence-corrected chi connectivity index (χ3v) is 4.27. The Labute approximate surface area is 123 Å². The van der Waals surface area contributed by atoms with Crippen LogP contribution >= 0.6 is 0 Å². The van der Waals surface area contributed by atoms with Crippen LogP contribution in [0.3, 0.4) is 0 Å². The van der Waals surface area contributed by atoms with Crippen molar-refractivity contribution in [3.05, 3.63) is 35.9 Å². The summed E-state index contributed by atoms with van der Waals surface area (Å²) in [6.07, 6.45) is 0.961. The lowest BCUT2D eigenvalue weighted by molar-refractivity contribution is -0.145. The first kappa shape index (κ1) is 14.0. The maximum absolute atomic E-state index is 11.9. The molecule has 1 aromatic rings. The maximum atomic E-state index is 11.9. The van der Waals surface area contributed by atoms with Crippen molar-refractivity contribution in [2.24, 2.45) is 11.8 Å². The molecule has 4 atom stereocenters. The molecule has 0 saturated carbocycles. The number of hydrazine groups is 1. The van der Waals surface area contributed by atoms with Crippen LogP contribution in [0.1, 0.15) is 12.0 Å². The minimum atomic E-state index is -0.436. The van der Waals surface area contributed by atoms with E-state index in [1.54, 1.807) is 0 Å². The molecule has 112 valence electrons. The van der Waals surface area contributed by atoms with Gasteiger partial charge < -0.3 is 10.1 Å². The Balaban J connectivity index is 1.82. The highest BCUT2D eigenvalue weighted by molar-refractivity contribution is 5.80. The lowest BCUT2D eigenvalue weighted by atomic mass is 9.77. The molecule has 2 saturated heterocycles. The van der Waals surface area contributed by atoms with E-state index in [1.807, 2.05) is 30.3 Å². The highest BCUT2D eigenvalue weighted by Gasteiger charge is 2.48. The SMILES string of the molecule is COC(=O)C1NNC2NC(=O)CC(Cc3ccccc3)C21. The molecule has 2 aliphatic heterocycles. The third kappa shape index (κ3) is 2.77. The number of hydrogen-bond acceptors (Lipinski definition) is 5. The van der Waals surface area contributed by atoms with E-state index in [4.69, 9.17) is 4.74 Å². The third-order valence-electron chi connectivity index (χ3n) is 4.27. The van der Waals surface area contributed by atoms with Gasteiger partial charge in [-0.05, 0) is 17.9 Å². The summed E-state index contributed by atoms with van der Waals surface area (Å²) in [5.41, 5.74) is 7.11. The predicted molar refractivity (Wildman–Crippen MR) is 75.7 cm³/mol. The van der Waals surface area contributed by atoms with E-state index < -0.39 is 6.04 Å². The van der Waals surface area contributed by atoms with Gasteiger partial charge in [-0.15, -0.1) is 0 Å². The van der Waals surface area contributed by atoms with Crippen LogP contribution in [0, 0.1) is 11.8 Å². The number of nitrogens with one attached hydrogen (secondary N) is 3. The molecule has 2 aliphatic rings. The topological polar surface area (TPSA) is 79.5 Å². The fourth-order valence-corrected chi connectivity index (χ4v) is 3.32. The number of carbonyl (C=O) groups excluding carboxylic acids is 2. The summed E-state index contributed by atoms with van der Waals surface area (Å²) in [7, 11) is 1.38. The van der Waals surface area contributed by atoms with Crippen LogP contribution in [0.4, 0.5) is 0 Å². The molecule has 0 spiro atoms. The van der Waals surface area contributed by atoms with Gasteiger partial charge in [-0.3, -0.25) is 9.59 Å². The molecule has 6 heteroatoms. The van der Waals surface area contributed by atoms with E-state index in [0.29, 0.717) is 6.42 Å². The first-order chi connectivity index (χ1) is 10.2. The zero-order chi connectivity index (χ0) is 14.8. The van der Waals surface area contributed by atoms with Crippen molar-refractivity contribution in [3.8, 4) is 0 Å². The Hall–Kier alpha value is -1.92. The molecule has 0 aliphatic carbocycles. The van der Waals surface area contributed by atoms with Crippen LogP contribution in [-0.4, -0.2) is 31.2 Å². The zero-order valence-corrected chi connectivity index (χ0v) is 11.8. The average Bonchev–Trinajstić information content (AvgIpc) is 2.91. The van der Waals surface area contributed by atoms with Crippen LogP contribution < -0.4 is 16.2 Å². The van der Waals surface area contributed by atoms with Gasteiger partial charge in [-0.1, -0.05) is 30.3 Å². The first-order valence-electron chi connectivity index (χ1n) is 7.11. The molecule has 3 rings (SSSR count). The number of piperidine rings is 1. The second-order valence-electron chi connectivity index (χ2n) is 5.57. The molecule has 2 fully saturated rings. The Kier molecular flexibility index (Phi) is 3.90. The zero-order valence-electron chi connectivity index (χ0n) is 11.8. The number of esters is 1. The van der Waals surface area contributed by atoms with Gasteiger partial charge in [-0.2, -0.15) is 0 Å². The molecule has 1 aromatic carbocycles. The highest BCUT2D eigenvalue weighted by atomic mass is 16.5. The minimum Gasteiger partial charge on any atom is -0.468 e. The second-order valence-corrected chi connectivity index (χ2v) is 5.57. The summed E-state index contributed by atoms with van der Waals surface area (Å²) < 4.78 is 4.85. The van der Waals surface area contributed by atoms with Gasteiger partial charge in [-0.25, -0.2) is 10.9 Å². The number of ether oxygens (including phenoxy) is 1. The molecule has 0 radical (unpaired) electrons. The fraction of sp³-hybridized carbons (Fsp3) is 0.467. The van der Waals surface area contributed by atoms with E-state index in [1.165, 1.54) is 12.7 Å². The monoisotopic (exact) mass is 289 g/mol. The number of carbonyl (C=O) groups is 2. The molecular weight excluding hydrogens is 270 g/mol. The summed E-state index contributed by atoms with van der Waals surface area (Å²) in [5, 5.41) is 2.88. The van der Waals surface area contributed by atoms with Gasteiger partial charge in [0.15, 0.2) is 0 Å². The quantitative estimate of drug-likeness (QED) is 0.680. The van der Waals surface area contributed by atoms with E-state index in [9.17, 15) is 9.59 Å². The molecule has 6 nitrogen and oxygen atoms in total. The molecule has 0 aromatic heterocycles. The first-order valence-corrected chi connectivity index (χ1v) is 7.11. The van der Waals surface area contributed by atoms with Gasteiger partial charge in [0.25, 0.3) is 0 Å². The molecule has 2 heterocycles. The lowest BCUT2D eigenvalue weighted by Crippen LogP contribution is -2.54. The maximum Gasteiger partial charge on any atom is 0.324 e. The summed E-state index contributed by atoms with van der Waals surface area (Å²) in [6.45, 7) is 0. The smallest absolute Gasteiger partial charge is 0.324 e. The van der Waals surface area contributed by atoms with Crippen LogP contribution in [0.2, 0.25) is 0 Å². The van der Waals surface area contributed by atoms with Crippen molar-refractivity contribution < 1.29 is 14.3 Å². The van der Waals surface area contributed by atoms with Crippen molar-refractivity contribution >= 4 is 11.9 Å². The van der Waals surface area contributed by atoms with Crippen molar-refractivity contribution in [2.45, 2.75) is 25.0 Å². The molecule has 21 heavy (non-hydrogen) atoms. The molecule has 0 bridgehead atoms. The second kappa shape index (κ2) is 5.83. The standard InChI is InChI=1S/C15H19N3O3/c1-21-15(20)13-12-10(7-9-5-3-2-4-6-9)8-11(19)16-14(12)18-17-13/h2-6,10,12-14,17-18H,7-8H2,1H3,(H,16,19). The van der Waals surface area contributed by atoms with Crippen LogP contribution in [0.15, 0.2) is 30.3 Å². The predicted octanol–water partition coefficient (Wildman–Crippen LogP) is -0.0431. The largest absolute Gasteiger partial charge is 0.468 e. The van der Waals surface area contributed by atoms with Crippen molar-refractivity contribution in [3.63, 3.8) is 0 Å². The molecule has 3 N–H and O–H groups in total. The molecular formula is C15H19N3O3. The average molecular weight is 289 g/mol. The van der Waals surface area contributed by atoms with Crippen molar-refractivity contribution in [1.82, 2.24) is 16.2 Å². The Morgan fingerprint density at radius 3 is 2.76 bits per heavy atom. The van der Waals surface area contributed by atoms with E-state index in [-0.39, 0.29) is 29.9 Å². The number of fused-ring (bicyclic) bond motifs is 1. The van der Waals surface area contributed by atoms with Gasteiger partial charge in [0, 0.05) is 12.3 Å². The number of amides is 1. The van der Waals surface area contributed by atoms with Crippen molar-refractivity contribution in [2.75, 3.05) is 7.11 Å². The number of benzene rings is 1. The minimum absolute atomic E-state index is 0.0111. The van der Waals surface area contributed by atoms with Gasteiger partial charge in [0.1, 0.15) is 6.04 Å². The molecule has 1 amide bonds. The highest BCUT2D eigenvalue weighted by Crippen LogP contribution is 2.32. The van der Waals surface area contributed by atoms with E-state index >= 15 is 0 Å². The van der Waals surface area contributed by atoms with Gasteiger partial charge in [0.2, 0.25) is 5.91 Å². The number of hydrogen-bond donors (Lipinski definition) is 3. The summed E-state index contributed by atoms with van der Waals surface area (Å²) in [5.74, 6) is -0.214. The van der Waals surface area contributed by atoms with Gasteiger partial charge >= 0.3 is 5.97 Å². The number of methoxy groups -OCH3 is 1. The van der Waals surface area contributed by atoms with Gasteiger partial charge in [0.05, 0.1) is 13.3 Å². The van der Waals surface area contributed by atoms with Crippen LogP contribution in [-0.2, 0) is 20.7 Å². The Bertz CT molecular complexity index is 534. The summed E-state index contributed by atoms with van der Waals surface area (Å²) in [6, 6.07) is 9.59. The normalized spacial score (nSPS) is 31.4. The Morgan fingerprint density at radius 2 is 2.05 bits per heavy atom. The fourth-order valence-electron chi connectivity index (χ4n) is 3.32. The number of rotatable bonds is 3. The summed E-state index contributed by atoms with van der Waals surface area (Å²) in [4.78, 5) is 23.8. The van der Waals surface area contributed by atoms with E-state index in [0.717, 1.165) is 6.42 Å². The van der Waals surface area contributed by atoms with E-state index in [2.05, 4.69) is 16.2 Å². The van der Waals surface area contributed by atoms with Crippen molar-refractivity contribution in [1.29, 1.82) is 0 Å². The molecule has 4 unspecified atom stereocenters. The summed E-state index contributed by atoms with van der Waals surface area (Å²) >= 11 is 0. The van der Waals surface area contributed by atoms with Crippen LogP contribution in [0.5, 0.6) is 0 Å².